The molecule has 0 bridgehead atoms. The van der Waals surface area contributed by atoms with E-state index in [1.54, 1.807) is 6.07 Å². The predicted octanol–water partition coefficient (Wildman–Crippen LogP) is 2.50. The van der Waals surface area contributed by atoms with E-state index in [1.807, 2.05) is 19.1 Å². The fraction of sp³-hybridized carbons (Fsp3) is 0.500. The van der Waals surface area contributed by atoms with Crippen molar-refractivity contribution < 1.29 is 4.79 Å². The van der Waals surface area contributed by atoms with Gasteiger partial charge in [0.25, 0.3) is 5.91 Å². The van der Waals surface area contributed by atoms with Crippen molar-refractivity contribution in [2.24, 2.45) is 5.41 Å². The first-order valence-corrected chi connectivity index (χ1v) is 6.15. The Morgan fingerprint density at radius 3 is 2.71 bits per heavy atom. The van der Waals surface area contributed by atoms with Gasteiger partial charge in [0.1, 0.15) is 0 Å². The summed E-state index contributed by atoms with van der Waals surface area (Å²) in [7, 11) is 0. The van der Waals surface area contributed by atoms with Gasteiger partial charge in [-0.2, -0.15) is 0 Å². The SMILES string of the molecule is Cc1ccc(C(=O)NCC2(C)CCC2)c(N)c1. The third kappa shape index (κ3) is 2.60. The molecule has 92 valence electrons. The van der Waals surface area contributed by atoms with Crippen molar-refractivity contribution in [1.29, 1.82) is 0 Å². The van der Waals surface area contributed by atoms with Gasteiger partial charge in [-0.3, -0.25) is 4.79 Å². The molecule has 1 amide bonds. The standard InChI is InChI=1S/C14H20N2O/c1-10-4-5-11(12(15)8-10)13(17)16-9-14(2)6-3-7-14/h4-5,8H,3,6-7,9,15H2,1-2H3,(H,16,17). The fourth-order valence-corrected chi connectivity index (χ4v) is 2.23. The summed E-state index contributed by atoms with van der Waals surface area (Å²) in [6.07, 6.45) is 3.69. The van der Waals surface area contributed by atoms with E-state index >= 15 is 0 Å². The van der Waals surface area contributed by atoms with Crippen molar-refractivity contribution in [3.8, 4) is 0 Å². The lowest BCUT2D eigenvalue weighted by Gasteiger charge is -2.38. The molecule has 3 nitrogen and oxygen atoms in total. The number of amides is 1. The van der Waals surface area contributed by atoms with Crippen LogP contribution in [0, 0.1) is 12.3 Å². The molecule has 3 heteroatoms. The average molecular weight is 232 g/mol. The monoisotopic (exact) mass is 232 g/mol. The third-order valence-electron chi connectivity index (χ3n) is 3.69. The molecule has 0 aromatic heterocycles. The van der Waals surface area contributed by atoms with Gasteiger partial charge < -0.3 is 11.1 Å². The molecule has 3 N–H and O–H groups in total. The Morgan fingerprint density at radius 1 is 1.47 bits per heavy atom. The van der Waals surface area contributed by atoms with Crippen LogP contribution in [0.4, 0.5) is 5.69 Å². The molecule has 17 heavy (non-hydrogen) atoms. The zero-order chi connectivity index (χ0) is 12.5. The summed E-state index contributed by atoms with van der Waals surface area (Å²) >= 11 is 0. The van der Waals surface area contributed by atoms with Gasteiger partial charge in [-0.05, 0) is 42.9 Å². The molecule has 1 aliphatic carbocycles. The van der Waals surface area contributed by atoms with Crippen molar-refractivity contribution in [3.05, 3.63) is 29.3 Å². The summed E-state index contributed by atoms with van der Waals surface area (Å²) in [5.41, 5.74) is 8.36. The van der Waals surface area contributed by atoms with E-state index in [1.165, 1.54) is 19.3 Å². The Kier molecular flexibility index (Phi) is 3.09. The Balaban J connectivity index is 1.99. The van der Waals surface area contributed by atoms with E-state index in [4.69, 9.17) is 5.73 Å². The second-order valence-electron chi connectivity index (χ2n) is 5.44. The molecule has 1 aromatic rings. The van der Waals surface area contributed by atoms with Crippen LogP contribution >= 0.6 is 0 Å². The number of hydrogen-bond donors (Lipinski definition) is 2. The van der Waals surface area contributed by atoms with Crippen molar-refractivity contribution in [1.82, 2.24) is 5.32 Å². The van der Waals surface area contributed by atoms with Gasteiger partial charge in [0.2, 0.25) is 0 Å². The first-order valence-electron chi connectivity index (χ1n) is 6.15. The molecular weight excluding hydrogens is 212 g/mol. The van der Waals surface area contributed by atoms with E-state index in [0.29, 0.717) is 16.7 Å². The van der Waals surface area contributed by atoms with Gasteiger partial charge in [-0.25, -0.2) is 0 Å². The number of benzene rings is 1. The Morgan fingerprint density at radius 2 is 2.18 bits per heavy atom. The van der Waals surface area contributed by atoms with Crippen LogP contribution < -0.4 is 11.1 Å². The number of anilines is 1. The van der Waals surface area contributed by atoms with Crippen LogP contribution in [0.1, 0.15) is 42.1 Å². The maximum atomic E-state index is 12.0. The largest absolute Gasteiger partial charge is 0.398 e. The van der Waals surface area contributed by atoms with E-state index in [-0.39, 0.29) is 5.91 Å². The maximum Gasteiger partial charge on any atom is 0.253 e. The molecule has 0 aliphatic heterocycles. The fourth-order valence-electron chi connectivity index (χ4n) is 2.23. The van der Waals surface area contributed by atoms with Crippen molar-refractivity contribution >= 4 is 11.6 Å². The maximum absolute atomic E-state index is 12.0. The van der Waals surface area contributed by atoms with E-state index < -0.39 is 0 Å². The number of nitrogens with two attached hydrogens (primary N) is 1. The van der Waals surface area contributed by atoms with Gasteiger partial charge in [-0.1, -0.05) is 19.4 Å². The zero-order valence-corrected chi connectivity index (χ0v) is 10.5. The number of nitrogen functional groups attached to an aromatic ring is 1. The van der Waals surface area contributed by atoms with Crippen molar-refractivity contribution in [2.45, 2.75) is 33.1 Å². The lowest BCUT2D eigenvalue weighted by molar-refractivity contribution is 0.0891. The van der Waals surface area contributed by atoms with E-state index in [2.05, 4.69) is 12.2 Å². The molecule has 0 atom stereocenters. The van der Waals surface area contributed by atoms with E-state index in [0.717, 1.165) is 12.1 Å². The van der Waals surface area contributed by atoms with E-state index in [9.17, 15) is 4.79 Å². The van der Waals surface area contributed by atoms with Gasteiger partial charge in [-0.15, -0.1) is 0 Å². The molecule has 0 unspecified atom stereocenters. The minimum absolute atomic E-state index is 0.0596. The number of carbonyl (C=O) groups excluding carboxylic acids is 1. The Hall–Kier alpha value is -1.51. The van der Waals surface area contributed by atoms with Gasteiger partial charge >= 0.3 is 0 Å². The summed E-state index contributed by atoms with van der Waals surface area (Å²) < 4.78 is 0. The number of aryl methyl sites for hydroxylation is 1. The molecule has 1 saturated carbocycles. The van der Waals surface area contributed by atoms with Crippen LogP contribution in [0.5, 0.6) is 0 Å². The number of rotatable bonds is 3. The number of carbonyl (C=O) groups is 1. The second kappa shape index (κ2) is 4.40. The Labute approximate surface area is 102 Å². The highest BCUT2D eigenvalue weighted by Gasteiger charge is 2.32. The molecule has 0 heterocycles. The topological polar surface area (TPSA) is 55.1 Å². The second-order valence-corrected chi connectivity index (χ2v) is 5.44. The first kappa shape index (κ1) is 12.0. The zero-order valence-electron chi connectivity index (χ0n) is 10.5. The van der Waals surface area contributed by atoms with Crippen LogP contribution in [0.25, 0.3) is 0 Å². The molecule has 1 fully saturated rings. The molecule has 0 saturated heterocycles. The smallest absolute Gasteiger partial charge is 0.253 e. The lowest BCUT2D eigenvalue weighted by Crippen LogP contribution is -2.40. The Bertz CT molecular complexity index is 436. The summed E-state index contributed by atoms with van der Waals surface area (Å²) in [6.45, 7) is 4.93. The van der Waals surface area contributed by atoms with Crippen LogP contribution in [0.2, 0.25) is 0 Å². The van der Waals surface area contributed by atoms with Crippen LogP contribution in [-0.4, -0.2) is 12.5 Å². The molecule has 0 spiro atoms. The number of hydrogen-bond acceptors (Lipinski definition) is 2. The first-order chi connectivity index (χ1) is 8.00. The van der Waals surface area contributed by atoms with Crippen LogP contribution in [0.15, 0.2) is 18.2 Å². The predicted molar refractivity (Wildman–Crippen MR) is 69.9 cm³/mol. The summed E-state index contributed by atoms with van der Waals surface area (Å²) in [5.74, 6) is -0.0596. The molecule has 0 radical (unpaired) electrons. The molecule has 1 aromatic carbocycles. The van der Waals surface area contributed by atoms with Crippen molar-refractivity contribution in [2.75, 3.05) is 12.3 Å². The quantitative estimate of drug-likeness (QED) is 0.787. The highest BCUT2D eigenvalue weighted by Crippen LogP contribution is 2.39. The summed E-state index contributed by atoms with van der Waals surface area (Å²) in [5, 5.41) is 2.98. The summed E-state index contributed by atoms with van der Waals surface area (Å²) in [4.78, 5) is 12.0. The van der Waals surface area contributed by atoms with Gasteiger partial charge in [0.15, 0.2) is 0 Å². The molecule has 1 aliphatic rings. The third-order valence-corrected chi connectivity index (χ3v) is 3.69. The highest BCUT2D eigenvalue weighted by atomic mass is 16.1. The van der Waals surface area contributed by atoms with Crippen LogP contribution in [0.3, 0.4) is 0 Å². The molecule has 2 rings (SSSR count). The number of nitrogens with one attached hydrogen (secondary N) is 1. The minimum atomic E-state index is -0.0596. The lowest BCUT2D eigenvalue weighted by atomic mass is 9.70. The highest BCUT2D eigenvalue weighted by molar-refractivity contribution is 5.99. The van der Waals surface area contributed by atoms with Crippen LogP contribution in [-0.2, 0) is 0 Å². The average Bonchev–Trinajstić information content (AvgIpc) is 2.23. The van der Waals surface area contributed by atoms with Crippen molar-refractivity contribution in [3.63, 3.8) is 0 Å². The normalized spacial score (nSPS) is 17.3. The minimum Gasteiger partial charge on any atom is -0.398 e. The summed E-state index contributed by atoms with van der Waals surface area (Å²) in [6, 6.07) is 5.54. The van der Waals surface area contributed by atoms with Gasteiger partial charge in [0.05, 0.1) is 5.56 Å². The molecular formula is C14H20N2O. The van der Waals surface area contributed by atoms with Gasteiger partial charge in [0, 0.05) is 12.2 Å².